The maximum absolute atomic E-state index is 10.7. The Balaban J connectivity index is 1.61. The van der Waals surface area contributed by atoms with Gasteiger partial charge in [0.05, 0.1) is 17.8 Å². The van der Waals surface area contributed by atoms with Gasteiger partial charge in [-0.1, -0.05) is 133 Å². The lowest BCUT2D eigenvalue weighted by Crippen LogP contribution is -2.62. The Morgan fingerprint density at radius 1 is 0.483 bits per heavy atom. The molecule has 58 heavy (non-hydrogen) atoms. The van der Waals surface area contributed by atoms with Gasteiger partial charge < -0.3 is 9.80 Å². The van der Waals surface area contributed by atoms with Gasteiger partial charge in [-0.2, -0.15) is 0 Å². The minimum atomic E-state index is -1.21. The second kappa shape index (κ2) is 12.4. The Bertz CT molecular complexity index is 3220. The Morgan fingerprint density at radius 2 is 0.948 bits per heavy atom. The molecular formula is C55H67BN2. The molecule has 2 heterocycles. The van der Waals surface area contributed by atoms with E-state index in [0.717, 1.165) is 6.42 Å². The third-order valence-corrected chi connectivity index (χ3v) is 13.6. The van der Waals surface area contributed by atoms with Crippen molar-refractivity contribution < 1.29 is 17.8 Å². The van der Waals surface area contributed by atoms with E-state index in [4.69, 9.17) is 0 Å². The monoisotopic (exact) mass is 780 g/mol. The lowest BCUT2D eigenvalue weighted by molar-refractivity contribution is 0.332. The largest absolute Gasteiger partial charge is 0.311 e. The molecule has 0 amide bonds. The number of hydrogen-bond donors (Lipinski definition) is 0. The summed E-state index contributed by atoms with van der Waals surface area (Å²) in [6, 6.07) is -0.653. The summed E-state index contributed by atoms with van der Waals surface area (Å²) in [5.41, 5.74) is -0.0643. The van der Waals surface area contributed by atoms with E-state index in [1.54, 1.807) is 17.9 Å². The molecule has 5 aromatic rings. The molecule has 9 rings (SSSR count). The lowest BCUT2D eigenvalue weighted by atomic mass is 9.33. The molecule has 0 spiro atoms. The van der Waals surface area contributed by atoms with Crippen LogP contribution in [-0.4, -0.2) is 6.71 Å². The first-order valence-electron chi connectivity index (χ1n) is 27.7. The van der Waals surface area contributed by atoms with Crippen LogP contribution in [0.2, 0.25) is 0 Å². The average Bonchev–Trinajstić information content (AvgIpc) is 3.24. The van der Waals surface area contributed by atoms with Crippen molar-refractivity contribution >= 4 is 57.2 Å². The van der Waals surface area contributed by atoms with E-state index in [2.05, 4.69) is 27.7 Å². The quantitative estimate of drug-likeness (QED) is 0.161. The molecule has 0 fully saturated rings. The van der Waals surface area contributed by atoms with Crippen LogP contribution in [-0.2, 0) is 32.5 Å². The number of fused-ring (bicyclic) bond motifs is 6. The molecule has 0 bridgehead atoms. The first kappa shape index (κ1) is 26.8. The van der Waals surface area contributed by atoms with Gasteiger partial charge in [0.2, 0.25) is 0 Å². The van der Waals surface area contributed by atoms with E-state index in [-0.39, 0.29) is 128 Å². The van der Waals surface area contributed by atoms with Crippen molar-refractivity contribution in [3.63, 3.8) is 0 Å². The van der Waals surface area contributed by atoms with Crippen molar-refractivity contribution in [2.24, 2.45) is 0 Å². The van der Waals surface area contributed by atoms with Crippen LogP contribution in [0.25, 0.3) is 0 Å². The average molecular weight is 780 g/mol. The summed E-state index contributed by atoms with van der Waals surface area (Å²) in [5.74, 6) is 0. The van der Waals surface area contributed by atoms with Crippen LogP contribution in [0.5, 0.6) is 0 Å². The molecule has 0 saturated carbocycles. The minimum Gasteiger partial charge on any atom is -0.311 e. The third-order valence-electron chi connectivity index (χ3n) is 13.6. The predicted molar refractivity (Wildman–Crippen MR) is 253 cm³/mol. The first-order chi connectivity index (χ1) is 32.4. The zero-order valence-electron chi connectivity index (χ0n) is 50.4. The van der Waals surface area contributed by atoms with E-state index in [1.807, 2.05) is 69.2 Å². The van der Waals surface area contributed by atoms with Crippen molar-refractivity contribution in [2.75, 3.05) is 9.80 Å². The molecule has 0 radical (unpaired) electrons. The summed E-state index contributed by atoms with van der Waals surface area (Å²) < 4.78 is 131. The third kappa shape index (κ3) is 5.95. The van der Waals surface area contributed by atoms with E-state index in [1.165, 1.54) is 4.90 Å². The fraction of sp³-hybridized carbons (Fsp3) is 0.455. The van der Waals surface area contributed by atoms with Crippen molar-refractivity contribution in [3.05, 3.63) is 124 Å². The fourth-order valence-corrected chi connectivity index (χ4v) is 9.59. The summed E-state index contributed by atoms with van der Waals surface area (Å²) in [7, 11) is 0. The van der Waals surface area contributed by atoms with Crippen LogP contribution in [0.1, 0.15) is 179 Å². The molecule has 0 atom stereocenters. The Hall–Kier alpha value is -4.24. The highest BCUT2D eigenvalue weighted by Crippen LogP contribution is 2.52. The minimum absolute atomic E-state index is 0.00786. The van der Waals surface area contributed by atoms with Gasteiger partial charge in [0.1, 0.15) is 0 Å². The van der Waals surface area contributed by atoms with E-state index in [0.29, 0.717) is 47.1 Å². The highest BCUT2D eigenvalue weighted by Gasteiger charge is 2.47. The van der Waals surface area contributed by atoms with Crippen LogP contribution < -0.4 is 26.2 Å². The zero-order chi connectivity index (χ0) is 53.0. The van der Waals surface area contributed by atoms with Crippen molar-refractivity contribution in [2.45, 2.75) is 162 Å². The number of hydrogen-bond acceptors (Lipinski definition) is 2. The van der Waals surface area contributed by atoms with Gasteiger partial charge in [0.15, 0.2) is 0 Å². The maximum Gasteiger partial charge on any atom is 0.252 e. The predicted octanol–water partition coefficient (Wildman–Crippen LogP) is 13.4. The maximum atomic E-state index is 10.7. The van der Waals surface area contributed by atoms with Gasteiger partial charge in [-0.05, 0) is 169 Å². The van der Waals surface area contributed by atoms with Crippen LogP contribution in [0.4, 0.5) is 34.1 Å². The van der Waals surface area contributed by atoms with Crippen molar-refractivity contribution in [1.82, 2.24) is 0 Å². The van der Waals surface area contributed by atoms with Gasteiger partial charge in [-0.3, -0.25) is 0 Å². The van der Waals surface area contributed by atoms with Gasteiger partial charge in [-0.15, -0.1) is 0 Å². The van der Waals surface area contributed by atoms with Gasteiger partial charge in [0, 0.05) is 34.1 Å². The highest BCUT2D eigenvalue weighted by atomic mass is 15.2. The standard InChI is InChI=1S/C55H67BN2/c1-34-28-47-49-48(29-34)58(38-21-22-39-40(31-38)53(10,11)25-24-52(39,8)9)46-33-42-41(54(12,13)26-27-55(42,14)15)32-44(46)56(49)43-30-36(51(5,6)7)18-23-45(43)57(47)37-19-16-35(17-20-37)50(2,3)4/h16-23,28-33H,24-27H2,1-15H3/i16D,17D,19D,20D,21D,22D,23D,28D,29D,30D,31D,32D,33D. The second-order valence-corrected chi connectivity index (χ2v) is 22.2. The molecule has 2 nitrogen and oxygen atoms in total. The zero-order valence-corrected chi connectivity index (χ0v) is 37.4. The summed E-state index contributed by atoms with van der Waals surface area (Å²) in [5, 5.41) is 0. The normalized spacial score (nSPS) is 22.6. The molecule has 3 heteroatoms. The van der Waals surface area contributed by atoms with Gasteiger partial charge >= 0.3 is 0 Å². The van der Waals surface area contributed by atoms with Crippen molar-refractivity contribution in [3.8, 4) is 0 Å². The van der Waals surface area contributed by atoms with Crippen LogP contribution >= 0.6 is 0 Å². The number of benzene rings is 5. The van der Waals surface area contributed by atoms with E-state index < -0.39 is 51.3 Å². The molecule has 0 N–H and O–H groups in total. The molecule has 2 aliphatic heterocycles. The topological polar surface area (TPSA) is 6.48 Å². The Morgan fingerprint density at radius 3 is 1.50 bits per heavy atom. The molecular weight excluding hydrogens is 699 g/mol. The molecule has 4 aliphatic rings. The molecule has 0 saturated heterocycles. The first-order valence-corrected chi connectivity index (χ1v) is 21.2. The second-order valence-electron chi connectivity index (χ2n) is 22.2. The smallest absolute Gasteiger partial charge is 0.252 e. The molecule has 5 aromatic carbocycles. The molecule has 0 unspecified atom stereocenters. The number of nitrogens with zero attached hydrogens (tertiary/aromatic N) is 2. The summed E-state index contributed by atoms with van der Waals surface area (Å²) >= 11 is 0. The Labute approximate surface area is 369 Å². The van der Waals surface area contributed by atoms with E-state index >= 15 is 0 Å². The summed E-state index contributed by atoms with van der Waals surface area (Å²) in [6.07, 6.45) is 2.80. The number of rotatable bonds is 2. The van der Waals surface area contributed by atoms with Crippen molar-refractivity contribution in [1.29, 1.82) is 0 Å². The van der Waals surface area contributed by atoms with Gasteiger partial charge in [-0.25, -0.2) is 0 Å². The van der Waals surface area contributed by atoms with Crippen LogP contribution in [0.3, 0.4) is 0 Å². The molecule has 300 valence electrons. The highest BCUT2D eigenvalue weighted by molar-refractivity contribution is 7.00. The van der Waals surface area contributed by atoms with Gasteiger partial charge in [0.25, 0.3) is 6.71 Å². The molecule has 2 aliphatic carbocycles. The number of anilines is 6. The molecule has 0 aromatic heterocycles. The SMILES string of the molecule is [2H]c1cc(C(C)(C)C)c([2H])c2c1N(c1c([2H])c([2H])c(C(C)(C)C)c([2H])c1[2H])c1c([2H])c(C)c([2H])c3c1B2c1c([2H])c2c(c([2H])c1N3c1c([2H])c([2H])c3c(c1[2H])C(C)(C)CCC3(C)C)C(C)(C)CCC2(C)C. The lowest BCUT2D eigenvalue weighted by Gasteiger charge is -2.48. The van der Waals surface area contributed by atoms with Crippen LogP contribution in [0, 0.1) is 6.92 Å². The summed E-state index contributed by atoms with van der Waals surface area (Å²) in [4.78, 5) is 3.00. The van der Waals surface area contributed by atoms with Crippen LogP contribution in [0.15, 0.2) is 84.6 Å². The van der Waals surface area contributed by atoms with E-state index in [9.17, 15) is 17.8 Å². The fourth-order valence-electron chi connectivity index (χ4n) is 9.59. The summed E-state index contributed by atoms with van der Waals surface area (Å²) in [6.45, 7) is 28.1. The Kier molecular flexibility index (Phi) is 5.73.